The van der Waals surface area contributed by atoms with Gasteiger partial charge < -0.3 is 11.1 Å². The fourth-order valence-corrected chi connectivity index (χ4v) is 2.76. The van der Waals surface area contributed by atoms with Crippen LogP contribution in [0.4, 0.5) is 11.5 Å². The number of nitrogens with two attached hydrogens (primary N) is 1. The van der Waals surface area contributed by atoms with Gasteiger partial charge in [0.15, 0.2) is 0 Å². The van der Waals surface area contributed by atoms with Crippen LogP contribution >= 0.6 is 0 Å². The van der Waals surface area contributed by atoms with Crippen molar-refractivity contribution in [3.05, 3.63) is 15.8 Å². The number of hydrogen-bond donors (Lipinski definition) is 2. The van der Waals surface area contributed by atoms with E-state index in [0.29, 0.717) is 18.1 Å². The molecule has 3 N–H and O–H groups in total. The minimum atomic E-state index is -0.394. The minimum Gasteiger partial charge on any atom is -0.363 e. The number of hydrogen-bond acceptors (Lipinski definition) is 5. The number of nitro groups is 1. The largest absolute Gasteiger partial charge is 0.363 e. The average Bonchev–Trinajstić information content (AvgIpc) is 2.62. The maximum atomic E-state index is 11.1. The predicted octanol–water partition coefficient (Wildman–Crippen LogP) is 1.71. The second-order valence-electron chi connectivity index (χ2n) is 5.44. The number of aromatic nitrogens is 2. The molecule has 1 aliphatic carbocycles. The first-order chi connectivity index (χ1) is 8.93. The van der Waals surface area contributed by atoms with Crippen molar-refractivity contribution in [2.75, 3.05) is 11.9 Å². The molecule has 0 spiro atoms. The van der Waals surface area contributed by atoms with Crippen LogP contribution in [0.1, 0.15) is 37.8 Å². The summed E-state index contributed by atoms with van der Waals surface area (Å²) < 4.78 is 1.51. The van der Waals surface area contributed by atoms with Crippen LogP contribution in [-0.2, 0) is 7.05 Å². The van der Waals surface area contributed by atoms with Crippen LogP contribution in [0.5, 0.6) is 0 Å². The highest BCUT2D eigenvalue weighted by atomic mass is 16.6. The number of rotatable bonds is 4. The zero-order valence-corrected chi connectivity index (χ0v) is 11.5. The van der Waals surface area contributed by atoms with Crippen molar-refractivity contribution in [1.82, 2.24) is 9.78 Å². The lowest BCUT2D eigenvalue weighted by molar-refractivity contribution is -0.384. The Morgan fingerprint density at radius 2 is 2.11 bits per heavy atom. The maximum Gasteiger partial charge on any atom is 0.333 e. The molecule has 7 nitrogen and oxygen atoms in total. The SMILES string of the molecule is Cc1nn(C)c(NCC2(N)CCCCC2)c1[N+](=O)[O-]. The summed E-state index contributed by atoms with van der Waals surface area (Å²) in [5.41, 5.74) is 6.53. The summed E-state index contributed by atoms with van der Waals surface area (Å²) in [5, 5.41) is 18.3. The molecular weight excluding hydrogens is 246 g/mol. The molecule has 1 saturated carbocycles. The van der Waals surface area contributed by atoms with Gasteiger partial charge in [-0.1, -0.05) is 19.3 Å². The van der Waals surface area contributed by atoms with Crippen LogP contribution in [0.15, 0.2) is 0 Å². The van der Waals surface area contributed by atoms with Crippen molar-refractivity contribution in [3.63, 3.8) is 0 Å². The van der Waals surface area contributed by atoms with Gasteiger partial charge in [-0.3, -0.25) is 10.1 Å². The summed E-state index contributed by atoms with van der Waals surface area (Å²) in [5.74, 6) is 0.442. The molecule has 0 saturated heterocycles. The van der Waals surface area contributed by atoms with Crippen molar-refractivity contribution in [3.8, 4) is 0 Å². The molecule has 1 aromatic heterocycles. The molecule has 19 heavy (non-hydrogen) atoms. The molecule has 0 aromatic carbocycles. The highest BCUT2D eigenvalue weighted by molar-refractivity contribution is 5.59. The van der Waals surface area contributed by atoms with Gasteiger partial charge >= 0.3 is 5.69 Å². The molecule has 0 radical (unpaired) electrons. The summed E-state index contributed by atoms with van der Waals surface area (Å²) in [4.78, 5) is 10.7. The first-order valence-corrected chi connectivity index (χ1v) is 6.64. The quantitative estimate of drug-likeness (QED) is 0.639. The summed E-state index contributed by atoms with van der Waals surface area (Å²) >= 11 is 0. The van der Waals surface area contributed by atoms with E-state index in [1.165, 1.54) is 11.1 Å². The highest BCUT2D eigenvalue weighted by Gasteiger charge is 2.30. The second-order valence-corrected chi connectivity index (χ2v) is 5.44. The third-order valence-corrected chi connectivity index (χ3v) is 3.83. The van der Waals surface area contributed by atoms with E-state index in [4.69, 9.17) is 5.73 Å². The zero-order valence-electron chi connectivity index (χ0n) is 11.5. The number of nitrogens with one attached hydrogen (secondary N) is 1. The van der Waals surface area contributed by atoms with Gasteiger partial charge in [0.25, 0.3) is 0 Å². The molecule has 2 rings (SSSR count). The van der Waals surface area contributed by atoms with E-state index in [0.717, 1.165) is 25.7 Å². The standard InChI is InChI=1S/C12H21N5O2/c1-9-10(17(18)19)11(16(2)15-9)14-8-12(13)6-4-3-5-7-12/h14H,3-8,13H2,1-2H3. The van der Waals surface area contributed by atoms with Crippen LogP contribution in [0.25, 0.3) is 0 Å². The van der Waals surface area contributed by atoms with Crippen molar-refractivity contribution >= 4 is 11.5 Å². The number of nitrogens with zero attached hydrogens (tertiary/aromatic N) is 3. The van der Waals surface area contributed by atoms with Crippen LogP contribution in [-0.4, -0.2) is 26.8 Å². The number of aryl methyl sites for hydroxylation is 2. The predicted molar refractivity (Wildman–Crippen MR) is 73.1 cm³/mol. The van der Waals surface area contributed by atoms with Gasteiger partial charge in [-0.15, -0.1) is 0 Å². The Morgan fingerprint density at radius 1 is 1.47 bits per heavy atom. The van der Waals surface area contributed by atoms with Crippen molar-refractivity contribution in [2.24, 2.45) is 12.8 Å². The van der Waals surface area contributed by atoms with Gasteiger partial charge in [-0.25, -0.2) is 4.68 Å². The van der Waals surface area contributed by atoms with Gasteiger partial charge in [0.2, 0.25) is 5.82 Å². The van der Waals surface area contributed by atoms with E-state index in [2.05, 4.69) is 10.4 Å². The molecule has 7 heteroatoms. The highest BCUT2D eigenvalue weighted by Crippen LogP contribution is 2.30. The van der Waals surface area contributed by atoms with Gasteiger partial charge in [0.05, 0.1) is 4.92 Å². The van der Waals surface area contributed by atoms with Crippen molar-refractivity contribution < 1.29 is 4.92 Å². The third-order valence-electron chi connectivity index (χ3n) is 3.83. The van der Waals surface area contributed by atoms with E-state index in [9.17, 15) is 10.1 Å². The summed E-state index contributed by atoms with van der Waals surface area (Å²) in [6.07, 6.45) is 5.41. The summed E-state index contributed by atoms with van der Waals surface area (Å²) in [7, 11) is 1.70. The van der Waals surface area contributed by atoms with E-state index >= 15 is 0 Å². The van der Waals surface area contributed by atoms with Crippen LogP contribution in [0.3, 0.4) is 0 Å². The Morgan fingerprint density at radius 3 is 2.68 bits per heavy atom. The Kier molecular flexibility index (Phi) is 3.75. The lowest BCUT2D eigenvalue weighted by Gasteiger charge is -2.33. The maximum absolute atomic E-state index is 11.1. The van der Waals surface area contributed by atoms with Crippen LogP contribution < -0.4 is 11.1 Å². The van der Waals surface area contributed by atoms with Gasteiger partial charge in [0, 0.05) is 19.1 Å². The zero-order chi connectivity index (χ0) is 14.0. The smallest absolute Gasteiger partial charge is 0.333 e. The Labute approximate surface area is 112 Å². The van der Waals surface area contributed by atoms with Gasteiger partial charge in [0.1, 0.15) is 5.69 Å². The normalized spacial score (nSPS) is 18.3. The monoisotopic (exact) mass is 267 g/mol. The molecule has 0 atom stereocenters. The Hall–Kier alpha value is -1.63. The molecule has 106 valence electrons. The molecule has 0 unspecified atom stereocenters. The van der Waals surface area contributed by atoms with Crippen molar-refractivity contribution in [1.29, 1.82) is 0 Å². The molecule has 1 heterocycles. The Balaban J connectivity index is 2.13. The van der Waals surface area contributed by atoms with Gasteiger partial charge in [-0.05, 0) is 19.8 Å². The first kappa shape index (κ1) is 13.8. The van der Waals surface area contributed by atoms with E-state index < -0.39 is 4.92 Å². The van der Waals surface area contributed by atoms with Crippen LogP contribution in [0, 0.1) is 17.0 Å². The molecule has 0 bridgehead atoms. The molecule has 1 aliphatic rings. The fourth-order valence-electron chi connectivity index (χ4n) is 2.76. The lowest BCUT2D eigenvalue weighted by atomic mass is 9.82. The lowest BCUT2D eigenvalue weighted by Crippen LogP contribution is -2.47. The Bertz CT molecular complexity index is 477. The molecule has 1 fully saturated rings. The van der Waals surface area contributed by atoms with E-state index in [1.54, 1.807) is 14.0 Å². The third kappa shape index (κ3) is 2.86. The van der Waals surface area contributed by atoms with E-state index in [-0.39, 0.29) is 11.2 Å². The van der Waals surface area contributed by atoms with Gasteiger partial charge in [-0.2, -0.15) is 5.10 Å². The summed E-state index contributed by atoms with van der Waals surface area (Å²) in [6.45, 7) is 2.19. The van der Waals surface area contributed by atoms with Crippen LogP contribution in [0.2, 0.25) is 0 Å². The van der Waals surface area contributed by atoms with Crippen molar-refractivity contribution in [2.45, 2.75) is 44.6 Å². The minimum absolute atomic E-state index is 0.0434. The number of anilines is 1. The molecule has 0 amide bonds. The van der Waals surface area contributed by atoms with E-state index in [1.807, 2.05) is 0 Å². The summed E-state index contributed by atoms with van der Waals surface area (Å²) in [6, 6.07) is 0. The fraction of sp³-hybridized carbons (Fsp3) is 0.750. The average molecular weight is 267 g/mol. The molecule has 1 aromatic rings. The molecule has 0 aliphatic heterocycles. The topological polar surface area (TPSA) is 99.0 Å². The second kappa shape index (κ2) is 5.16. The first-order valence-electron chi connectivity index (χ1n) is 6.64. The molecular formula is C12H21N5O2.